The maximum absolute atomic E-state index is 12.2. The fraction of sp³-hybridized carbons (Fsp3) is 0.250. The summed E-state index contributed by atoms with van der Waals surface area (Å²) in [7, 11) is 4.02. The highest BCUT2D eigenvalue weighted by Crippen LogP contribution is 2.22. The van der Waals surface area contributed by atoms with Gasteiger partial charge in [-0.1, -0.05) is 30.3 Å². The molecule has 0 aliphatic rings. The van der Waals surface area contributed by atoms with E-state index in [2.05, 4.69) is 4.90 Å². The molecular weight excluding hydrogens is 316 g/mol. The van der Waals surface area contributed by atoms with Crippen molar-refractivity contribution in [1.82, 2.24) is 9.47 Å². The van der Waals surface area contributed by atoms with Crippen molar-refractivity contribution in [3.8, 4) is 5.75 Å². The zero-order valence-corrected chi connectivity index (χ0v) is 14.5. The number of likely N-dealkylation sites (N-methyl/N-ethyl adjacent to an activating group) is 1. The van der Waals surface area contributed by atoms with Crippen molar-refractivity contribution in [2.24, 2.45) is 0 Å². The lowest BCUT2D eigenvalue weighted by Gasteiger charge is -2.10. The summed E-state index contributed by atoms with van der Waals surface area (Å²) >= 11 is 0. The summed E-state index contributed by atoms with van der Waals surface area (Å²) < 4.78 is 12.6. The molecule has 0 bridgehead atoms. The molecule has 0 fully saturated rings. The van der Waals surface area contributed by atoms with Gasteiger partial charge in [0.25, 0.3) is 0 Å². The molecule has 0 unspecified atom stereocenters. The van der Waals surface area contributed by atoms with Gasteiger partial charge in [0.05, 0.1) is 0 Å². The predicted octanol–water partition coefficient (Wildman–Crippen LogP) is 3.77. The Hall–Kier alpha value is -2.79. The van der Waals surface area contributed by atoms with Crippen molar-refractivity contribution in [1.29, 1.82) is 0 Å². The quantitative estimate of drug-likeness (QED) is 0.686. The first-order valence-electron chi connectivity index (χ1n) is 8.22. The summed E-state index contributed by atoms with van der Waals surface area (Å²) in [5.74, 6) is 0.796. The van der Waals surface area contributed by atoms with Gasteiger partial charge in [-0.3, -0.25) is 4.57 Å². The van der Waals surface area contributed by atoms with E-state index < -0.39 is 6.09 Å². The van der Waals surface area contributed by atoms with Crippen LogP contribution in [0.4, 0.5) is 4.79 Å². The molecular formula is C20H22N2O3. The predicted molar refractivity (Wildman–Crippen MR) is 98.0 cm³/mol. The fourth-order valence-corrected chi connectivity index (χ4v) is 2.45. The minimum absolute atomic E-state index is 0.257. The van der Waals surface area contributed by atoms with Crippen molar-refractivity contribution < 1.29 is 14.3 Å². The Labute approximate surface area is 147 Å². The number of ether oxygens (including phenoxy) is 2. The summed E-state index contributed by atoms with van der Waals surface area (Å²) in [6.45, 7) is 1.73. The lowest BCUT2D eigenvalue weighted by Crippen LogP contribution is -2.19. The zero-order chi connectivity index (χ0) is 17.6. The average molecular weight is 338 g/mol. The highest BCUT2D eigenvalue weighted by Gasteiger charge is 2.09. The molecule has 0 aliphatic carbocycles. The van der Waals surface area contributed by atoms with Gasteiger partial charge in [-0.15, -0.1) is 0 Å². The van der Waals surface area contributed by atoms with E-state index in [0.717, 1.165) is 28.6 Å². The number of hydrogen-bond acceptors (Lipinski definition) is 4. The molecule has 1 heterocycles. The van der Waals surface area contributed by atoms with E-state index in [1.807, 2.05) is 62.6 Å². The minimum atomic E-state index is -0.393. The van der Waals surface area contributed by atoms with E-state index in [-0.39, 0.29) is 6.61 Å². The highest BCUT2D eigenvalue weighted by molar-refractivity contribution is 5.87. The summed E-state index contributed by atoms with van der Waals surface area (Å²) in [4.78, 5) is 14.3. The number of nitrogens with zero attached hydrogens (tertiary/aromatic N) is 2. The summed E-state index contributed by atoms with van der Waals surface area (Å²) in [6.07, 6.45) is 3.14. The standard InChI is InChI=1S/C20H22N2O3/c1-21(2)10-11-24-19-9-8-17-13-22(14-18(17)12-19)20(23)25-15-16-6-4-3-5-7-16/h3-9,12-14H,10-11,15H2,1-2H3. The Morgan fingerprint density at radius 3 is 2.56 bits per heavy atom. The van der Waals surface area contributed by atoms with Crippen molar-refractivity contribution in [3.05, 3.63) is 66.5 Å². The van der Waals surface area contributed by atoms with E-state index in [4.69, 9.17) is 9.47 Å². The molecule has 130 valence electrons. The summed E-state index contributed by atoms with van der Waals surface area (Å²) in [6, 6.07) is 15.4. The van der Waals surface area contributed by atoms with Gasteiger partial charge in [0.2, 0.25) is 0 Å². The van der Waals surface area contributed by atoms with Gasteiger partial charge in [0, 0.05) is 29.7 Å². The molecule has 2 aromatic carbocycles. The zero-order valence-electron chi connectivity index (χ0n) is 14.5. The van der Waals surface area contributed by atoms with Crippen LogP contribution in [-0.4, -0.2) is 42.8 Å². The molecule has 5 nitrogen and oxygen atoms in total. The second-order valence-corrected chi connectivity index (χ2v) is 6.15. The van der Waals surface area contributed by atoms with E-state index in [9.17, 15) is 4.79 Å². The Morgan fingerprint density at radius 1 is 1.04 bits per heavy atom. The molecule has 1 aromatic heterocycles. The van der Waals surface area contributed by atoms with Crippen LogP contribution in [0.15, 0.2) is 60.9 Å². The third-order valence-corrected chi connectivity index (χ3v) is 3.84. The van der Waals surface area contributed by atoms with Crippen LogP contribution in [0.2, 0.25) is 0 Å². The number of benzene rings is 2. The first-order valence-corrected chi connectivity index (χ1v) is 8.22. The monoisotopic (exact) mass is 338 g/mol. The van der Waals surface area contributed by atoms with Gasteiger partial charge in [-0.2, -0.15) is 0 Å². The third-order valence-electron chi connectivity index (χ3n) is 3.84. The van der Waals surface area contributed by atoms with Gasteiger partial charge in [-0.05, 0) is 37.9 Å². The first kappa shape index (κ1) is 17.0. The van der Waals surface area contributed by atoms with Crippen LogP contribution < -0.4 is 4.74 Å². The topological polar surface area (TPSA) is 43.7 Å². The molecule has 0 saturated heterocycles. The van der Waals surface area contributed by atoms with Crippen molar-refractivity contribution >= 4 is 16.9 Å². The third kappa shape index (κ3) is 4.61. The Kier molecular flexibility index (Phi) is 5.36. The number of carbonyl (C=O) groups excluding carboxylic acids is 1. The maximum Gasteiger partial charge on any atom is 0.418 e. The van der Waals surface area contributed by atoms with E-state index in [1.54, 1.807) is 12.4 Å². The molecule has 0 atom stereocenters. The summed E-state index contributed by atoms with van der Waals surface area (Å²) in [5.41, 5.74) is 0.962. The lowest BCUT2D eigenvalue weighted by atomic mass is 10.2. The SMILES string of the molecule is CN(C)CCOc1ccc2cn(C(=O)OCc3ccccc3)cc2c1. The number of hydrogen-bond donors (Lipinski definition) is 0. The number of carbonyl (C=O) groups is 1. The largest absolute Gasteiger partial charge is 0.492 e. The molecule has 3 rings (SSSR count). The van der Waals surface area contributed by atoms with Crippen molar-refractivity contribution in [2.45, 2.75) is 6.61 Å². The van der Waals surface area contributed by atoms with Gasteiger partial charge in [-0.25, -0.2) is 4.79 Å². The van der Waals surface area contributed by atoms with Crippen LogP contribution in [0.3, 0.4) is 0 Å². The van der Waals surface area contributed by atoms with Crippen molar-refractivity contribution in [3.63, 3.8) is 0 Å². The van der Waals surface area contributed by atoms with Crippen LogP contribution in [0.25, 0.3) is 10.8 Å². The first-order chi connectivity index (χ1) is 12.1. The molecule has 0 aliphatic heterocycles. The second-order valence-electron chi connectivity index (χ2n) is 6.15. The minimum Gasteiger partial charge on any atom is -0.492 e. The number of aromatic nitrogens is 1. The van der Waals surface area contributed by atoms with Crippen LogP contribution in [0, 0.1) is 0 Å². The van der Waals surface area contributed by atoms with Crippen LogP contribution in [0.5, 0.6) is 5.75 Å². The van der Waals surface area contributed by atoms with E-state index in [1.165, 1.54) is 4.57 Å². The van der Waals surface area contributed by atoms with Gasteiger partial charge >= 0.3 is 6.09 Å². The van der Waals surface area contributed by atoms with Crippen LogP contribution >= 0.6 is 0 Å². The Bertz CT molecular complexity index is 841. The second kappa shape index (κ2) is 7.85. The number of rotatable bonds is 6. The molecule has 0 amide bonds. The highest BCUT2D eigenvalue weighted by atomic mass is 16.5. The average Bonchev–Trinajstić information content (AvgIpc) is 3.04. The Morgan fingerprint density at radius 2 is 1.80 bits per heavy atom. The smallest absolute Gasteiger partial charge is 0.418 e. The normalized spacial score (nSPS) is 11.0. The van der Waals surface area contributed by atoms with Gasteiger partial charge < -0.3 is 14.4 Å². The summed E-state index contributed by atoms with van der Waals surface area (Å²) in [5, 5.41) is 1.91. The van der Waals surface area contributed by atoms with Crippen LogP contribution in [0.1, 0.15) is 5.56 Å². The molecule has 0 radical (unpaired) electrons. The van der Waals surface area contributed by atoms with Gasteiger partial charge in [0.1, 0.15) is 19.0 Å². The fourth-order valence-electron chi connectivity index (χ4n) is 2.45. The molecule has 5 heteroatoms. The van der Waals surface area contributed by atoms with Gasteiger partial charge in [0.15, 0.2) is 0 Å². The lowest BCUT2D eigenvalue weighted by molar-refractivity contribution is 0.141. The molecule has 25 heavy (non-hydrogen) atoms. The maximum atomic E-state index is 12.2. The Balaban J connectivity index is 1.64. The molecule has 0 spiro atoms. The van der Waals surface area contributed by atoms with Crippen molar-refractivity contribution in [2.75, 3.05) is 27.2 Å². The molecule has 3 aromatic rings. The molecule has 0 N–H and O–H groups in total. The van der Waals surface area contributed by atoms with E-state index in [0.29, 0.717) is 6.61 Å². The number of fused-ring (bicyclic) bond motifs is 1. The van der Waals surface area contributed by atoms with E-state index >= 15 is 0 Å². The molecule has 0 saturated carbocycles. The van der Waals surface area contributed by atoms with Crippen LogP contribution in [-0.2, 0) is 11.3 Å².